The summed E-state index contributed by atoms with van der Waals surface area (Å²) >= 11 is 0. The molecule has 166 valence electrons. The lowest BCUT2D eigenvalue weighted by atomic mass is 9.63. The molecule has 2 fully saturated rings. The number of hydrogen-bond donors (Lipinski definition) is 2. The van der Waals surface area contributed by atoms with Crippen LogP contribution in [0.1, 0.15) is 37.7 Å². The maximum absolute atomic E-state index is 13.0. The van der Waals surface area contributed by atoms with Crippen LogP contribution in [-0.2, 0) is 25.0 Å². The minimum Gasteiger partial charge on any atom is -0.497 e. The first-order chi connectivity index (χ1) is 14.9. The van der Waals surface area contributed by atoms with Gasteiger partial charge in [0.25, 0.3) is 10.0 Å². The van der Waals surface area contributed by atoms with E-state index in [1.54, 1.807) is 24.3 Å². The smallest absolute Gasteiger partial charge is 0.262 e. The van der Waals surface area contributed by atoms with Crippen LogP contribution in [0.2, 0.25) is 0 Å². The van der Waals surface area contributed by atoms with Gasteiger partial charge in [-0.05, 0) is 55.5 Å². The minimum atomic E-state index is -3.74. The van der Waals surface area contributed by atoms with E-state index in [1.807, 2.05) is 12.1 Å². The van der Waals surface area contributed by atoms with Crippen LogP contribution in [-0.4, -0.2) is 40.7 Å². The van der Waals surface area contributed by atoms with Gasteiger partial charge in [0.1, 0.15) is 5.75 Å². The molecule has 1 unspecified atom stereocenters. The van der Waals surface area contributed by atoms with Crippen molar-refractivity contribution < 1.29 is 22.7 Å². The third kappa shape index (κ3) is 4.55. The van der Waals surface area contributed by atoms with Crippen molar-refractivity contribution in [3.63, 3.8) is 0 Å². The van der Waals surface area contributed by atoms with Gasteiger partial charge >= 0.3 is 0 Å². The highest BCUT2D eigenvalue weighted by Gasteiger charge is 2.45. The van der Waals surface area contributed by atoms with E-state index in [0.717, 1.165) is 44.3 Å². The van der Waals surface area contributed by atoms with Crippen molar-refractivity contribution in [1.29, 1.82) is 0 Å². The molecule has 2 aromatic rings. The Hall–Kier alpha value is -2.58. The van der Waals surface area contributed by atoms with Gasteiger partial charge < -0.3 is 14.8 Å². The first-order valence-corrected chi connectivity index (χ1v) is 12.1. The topological polar surface area (TPSA) is 93.7 Å². The first-order valence-electron chi connectivity index (χ1n) is 10.6. The summed E-state index contributed by atoms with van der Waals surface area (Å²) in [4.78, 5) is 13.1. The van der Waals surface area contributed by atoms with Crippen molar-refractivity contribution in [2.24, 2.45) is 0 Å². The molecular weight excluding hydrogens is 416 g/mol. The fraction of sp³-hybridized carbons (Fsp3) is 0.435. The molecule has 2 aromatic carbocycles. The molecule has 2 N–H and O–H groups in total. The molecule has 1 heterocycles. The van der Waals surface area contributed by atoms with Crippen LogP contribution in [0.4, 0.5) is 5.69 Å². The Morgan fingerprint density at radius 3 is 2.55 bits per heavy atom. The van der Waals surface area contributed by atoms with Crippen LogP contribution < -0.4 is 14.8 Å². The zero-order valence-corrected chi connectivity index (χ0v) is 18.4. The highest BCUT2D eigenvalue weighted by molar-refractivity contribution is 7.92. The van der Waals surface area contributed by atoms with E-state index in [0.29, 0.717) is 18.0 Å². The summed E-state index contributed by atoms with van der Waals surface area (Å²) in [6.45, 7) is 1.30. The fourth-order valence-electron chi connectivity index (χ4n) is 4.20. The number of hydrogen-bond acceptors (Lipinski definition) is 5. The van der Waals surface area contributed by atoms with Crippen LogP contribution in [0.15, 0.2) is 53.4 Å². The van der Waals surface area contributed by atoms with Gasteiger partial charge in [-0.1, -0.05) is 24.6 Å². The zero-order chi connectivity index (χ0) is 21.9. The van der Waals surface area contributed by atoms with Gasteiger partial charge in [-0.15, -0.1) is 0 Å². The van der Waals surface area contributed by atoms with E-state index in [2.05, 4.69) is 10.0 Å². The third-order valence-electron chi connectivity index (χ3n) is 6.20. The SMILES string of the molecule is COc1cccc(S(=O)(=O)Nc2ccc(C3(C(=O)NCC4CCCO4)CCC3)cc2)c1. The van der Waals surface area contributed by atoms with Crippen LogP contribution >= 0.6 is 0 Å². The highest BCUT2D eigenvalue weighted by Crippen LogP contribution is 2.44. The summed E-state index contributed by atoms with van der Waals surface area (Å²) in [5.41, 5.74) is 0.816. The predicted molar refractivity (Wildman–Crippen MR) is 118 cm³/mol. The second-order valence-electron chi connectivity index (χ2n) is 8.14. The second-order valence-corrected chi connectivity index (χ2v) is 9.82. The average Bonchev–Trinajstić information content (AvgIpc) is 3.26. The molecular formula is C23H28N2O5S. The van der Waals surface area contributed by atoms with Gasteiger partial charge in [0.15, 0.2) is 0 Å². The number of carbonyl (C=O) groups is 1. The summed E-state index contributed by atoms with van der Waals surface area (Å²) in [6, 6.07) is 13.4. The number of nitrogens with one attached hydrogen (secondary N) is 2. The quantitative estimate of drug-likeness (QED) is 0.652. The molecule has 0 radical (unpaired) electrons. The Bertz CT molecular complexity index is 1030. The van der Waals surface area contributed by atoms with Gasteiger partial charge in [0.05, 0.1) is 23.5 Å². The largest absolute Gasteiger partial charge is 0.497 e. The fourth-order valence-corrected chi connectivity index (χ4v) is 5.29. The summed E-state index contributed by atoms with van der Waals surface area (Å²) < 4.78 is 38.7. The number of methoxy groups -OCH3 is 1. The molecule has 1 aliphatic carbocycles. The van der Waals surface area contributed by atoms with E-state index >= 15 is 0 Å². The standard InChI is InChI=1S/C23H28N2O5S/c1-29-19-5-2-7-21(15-19)31(27,28)25-18-10-8-17(9-11-18)23(12-4-13-23)22(26)24-16-20-6-3-14-30-20/h2,5,7-11,15,20,25H,3-4,6,12-14,16H2,1H3,(H,24,26). The van der Waals surface area contributed by atoms with Crippen molar-refractivity contribution in [1.82, 2.24) is 5.32 Å². The zero-order valence-electron chi connectivity index (χ0n) is 17.6. The minimum absolute atomic E-state index is 0.0268. The number of sulfonamides is 1. The van der Waals surface area contributed by atoms with E-state index in [9.17, 15) is 13.2 Å². The summed E-state index contributed by atoms with van der Waals surface area (Å²) in [5, 5.41) is 3.06. The number of carbonyl (C=O) groups excluding carboxylic acids is 1. The van der Waals surface area contributed by atoms with E-state index < -0.39 is 15.4 Å². The molecule has 7 nitrogen and oxygen atoms in total. The third-order valence-corrected chi connectivity index (χ3v) is 7.58. The molecule has 1 aliphatic heterocycles. The lowest BCUT2D eigenvalue weighted by molar-refractivity contribution is -0.130. The Kier molecular flexibility index (Phi) is 6.20. The first kappa shape index (κ1) is 21.6. The lowest BCUT2D eigenvalue weighted by Crippen LogP contribution is -2.50. The van der Waals surface area contributed by atoms with Gasteiger partial charge in [0, 0.05) is 24.9 Å². The Morgan fingerprint density at radius 1 is 1.16 bits per heavy atom. The molecule has 1 saturated heterocycles. The summed E-state index contributed by atoms with van der Waals surface area (Å²) in [7, 11) is -2.25. The molecule has 0 spiro atoms. The van der Waals surface area contributed by atoms with Crippen molar-refractivity contribution in [2.45, 2.75) is 48.5 Å². The maximum atomic E-state index is 13.0. The van der Waals surface area contributed by atoms with Crippen molar-refractivity contribution in [3.8, 4) is 5.75 Å². The second kappa shape index (κ2) is 8.88. The van der Waals surface area contributed by atoms with Crippen molar-refractivity contribution in [3.05, 3.63) is 54.1 Å². The maximum Gasteiger partial charge on any atom is 0.262 e. The Morgan fingerprint density at radius 2 is 1.94 bits per heavy atom. The number of anilines is 1. The normalized spacial score (nSPS) is 20.0. The average molecular weight is 445 g/mol. The van der Waals surface area contributed by atoms with Gasteiger partial charge in [-0.25, -0.2) is 8.42 Å². The van der Waals surface area contributed by atoms with E-state index in [1.165, 1.54) is 19.2 Å². The molecule has 31 heavy (non-hydrogen) atoms. The molecule has 0 aromatic heterocycles. The number of ether oxygens (including phenoxy) is 2. The molecule has 8 heteroatoms. The molecule has 1 atom stereocenters. The number of benzene rings is 2. The molecule has 4 rings (SSSR count). The Labute approximate surface area is 183 Å². The monoisotopic (exact) mass is 444 g/mol. The summed E-state index contributed by atoms with van der Waals surface area (Å²) in [6.07, 6.45) is 4.71. The van der Waals surface area contributed by atoms with Crippen LogP contribution in [0.25, 0.3) is 0 Å². The lowest BCUT2D eigenvalue weighted by Gasteiger charge is -2.41. The van der Waals surface area contributed by atoms with Crippen molar-refractivity contribution in [2.75, 3.05) is 25.0 Å². The van der Waals surface area contributed by atoms with Gasteiger partial charge in [0.2, 0.25) is 5.91 Å². The van der Waals surface area contributed by atoms with Crippen LogP contribution in [0.5, 0.6) is 5.75 Å². The molecule has 0 bridgehead atoms. The van der Waals surface area contributed by atoms with Gasteiger partial charge in [-0.2, -0.15) is 0 Å². The number of amides is 1. The van der Waals surface area contributed by atoms with Crippen LogP contribution in [0.3, 0.4) is 0 Å². The number of rotatable bonds is 8. The van der Waals surface area contributed by atoms with E-state index in [4.69, 9.17) is 9.47 Å². The molecule has 2 aliphatic rings. The summed E-state index contributed by atoms with van der Waals surface area (Å²) in [5.74, 6) is 0.498. The van der Waals surface area contributed by atoms with E-state index in [-0.39, 0.29) is 16.9 Å². The highest BCUT2D eigenvalue weighted by atomic mass is 32.2. The molecule has 1 saturated carbocycles. The molecule has 1 amide bonds. The van der Waals surface area contributed by atoms with Crippen molar-refractivity contribution >= 4 is 21.6 Å². The predicted octanol–water partition coefficient (Wildman–Crippen LogP) is 3.21. The van der Waals surface area contributed by atoms with Crippen LogP contribution in [0, 0.1) is 0 Å². The Balaban J connectivity index is 1.45. The van der Waals surface area contributed by atoms with Gasteiger partial charge in [-0.3, -0.25) is 9.52 Å².